The highest BCUT2D eigenvalue weighted by atomic mass is 16.3. The van der Waals surface area contributed by atoms with E-state index in [1.54, 1.807) is 4.90 Å². The molecule has 1 aliphatic rings. The number of amides is 1. The summed E-state index contributed by atoms with van der Waals surface area (Å²) >= 11 is 0. The number of nitrogens with one attached hydrogen (secondary N) is 2. The highest BCUT2D eigenvalue weighted by molar-refractivity contribution is 5.79. The van der Waals surface area contributed by atoms with E-state index in [4.69, 9.17) is 5.11 Å². The summed E-state index contributed by atoms with van der Waals surface area (Å²) in [6, 6.07) is 1.39. The number of hydrogen-bond acceptors (Lipinski definition) is 4. The third-order valence-electron chi connectivity index (χ3n) is 2.81. The average molecular weight is 253 g/mol. The number of nitrogens with zero attached hydrogens (tertiary/aromatic N) is 1. The Labute approximate surface area is 102 Å². The Bertz CT molecular complexity index is 515. The van der Waals surface area contributed by atoms with Crippen LogP contribution in [0.4, 0.5) is 0 Å². The van der Waals surface area contributed by atoms with Crippen molar-refractivity contribution in [2.45, 2.75) is 25.3 Å². The molecule has 2 rings (SSSR count). The van der Waals surface area contributed by atoms with Gasteiger partial charge < -0.3 is 15.0 Å². The van der Waals surface area contributed by atoms with Gasteiger partial charge in [0.1, 0.15) is 0 Å². The molecule has 18 heavy (non-hydrogen) atoms. The molecule has 3 N–H and O–H groups in total. The first-order valence-electron chi connectivity index (χ1n) is 5.83. The van der Waals surface area contributed by atoms with Crippen LogP contribution in [0.15, 0.2) is 15.7 Å². The lowest BCUT2D eigenvalue weighted by Crippen LogP contribution is -2.37. The number of hydrogen-bond donors (Lipinski definition) is 3. The topological polar surface area (TPSA) is 106 Å². The number of carbonyl (C=O) groups excluding carboxylic acids is 1. The van der Waals surface area contributed by atoms with Crippen LogP contribution in [0.1, 0.15) is 18.5 Å². The quantitative estimate of drug-likeness (QED) is 0.599. The zero-order valence-electron chi connectivity index (χ0n) is 9.81. The number of aliphatic hydroxyl groups excluding tert-OH is 1. The summed E-state index contributed by atoms with van der Waals surface area (Å²) in [7, 11) is 0. The maximum Gasteiger partial charge on any atom is 0.325 e. The Balaban J connectivity index is 2.09. The minimum absolute atomic E-state index is 0.0321. The molecule has 0 radical (unpaired) electrons. The van der Waals surface area contributed by atoms with Crippen molar-refractivity contribution < 1.29 is 9.90 Å². The molecular weight excluding hydrogens is 238 g/mol. The summed E-state index contributed by atoms with van der Waals surface area (Å²) < 4.78 is 0. The SMILES string of the molecule is O=C(Cc1cc(=O)[nH]c(=O)[nH]1)N(CCO)C1CC1. The number of H-pyrrole nitrogens is 2. The molecule has 0 bridgehead atoms. The van der Waals surface area contributed by atoms with Gasteiger partial charge in [-0.25, -0.2) is 4.79 Å². The maximum atomic E-state index is 12.0. The fraction of sp³-hybridized carbons (Fsp3) is 0.545. The van der Waals surface area contributed by atoms with Gasteiger partial charge in [0.15, 0.2) is 0 Å². The maximum absolute atomic E-state index is 12.0. The summed E-state index contributed by atoms with van der Waals surface area (Å²) in [6.07, 6.45) is 1.85. The Morgan fingerprint density at radius 1 is 1.39 bits per heavy atom. The van der Waals surface area contributed by atoms with Gasteiger partial charge in [-0.05, 0) is 12.8 Å². The average Bonchev–Trinajstić information content (AvgIpc) is 3.07. The van der Waals surface area contributed by atoms with E-state index in [1.807, 2.05) is 4.98 Å². The molecule has 1 heterocycles. The Hall–Kier alpha value is -1.89. The van der Waals surface area contributed by atoms with Gasteiger partial charge in [-0.1, -0.05) is 0 Å². The van der Waals surface area contributed by atoms with Gasteiger partial charge in [-0.15, -0.1) is 0 Å². The molecule has 7 heteroatoms. The minimum Gasteiger partial charge on any atom is -0.395 e. The van der Waals surface area contributed by atoms with Crippen LogP contribution in [0.2, 0.25) is 0 Å². The third kappa shape index (κ3) is 3.07. The summed E-state index contributed by atoms with van der Waals surface area (Å²) in [5.74, 6) is -0.187. The molecule has 0 unspecified atom stereocenters. The molecule has 1 saturated carbocycles. The van der Waals surface area contributed by atoms with Crippen molar-refractivity contribution >= 4 is 5.91 Å². The third-order valence-corrected chi connectivity index (χ3v) is 2.81. The first-order valence-corrected chi connectivity index (χ1v) is 5.83. The Kier molecular flexibility index (Phi) is 3.61. The zero-order valence-corrected chi connectivity index (χ0v) is 9.81. The molecule has 1 fully saturated rings. The normalized spacial score (nSPS) is 14.5. The highest BCUT2D eigenvalue weighted by Gasteiger charge is 2.31. The van der Waals surface area contributed by atoms with Crippen molar-refractivity contribution in [3.05, 3.63) is 32.6 Å². The van der Waals surface area contributed by atoms with Crippen LogP contribution in [0.3, 0.4) is 0 Å². The molecule has 1 aromatic rings. The smallest absolute Gasteiger partial charge is 0.325 e. The van der Waals surface area contributed by atoms with Gasteiger partial charge in [-0.2, -0.15) is 0 Å². The van der Waals surface area contributed by atoms with Gasteiger partial charge in [-0.3, -0.25) is 14.6 Å². The molecule has 1 aliphatic carbocycles. The van der Waals surface area contributed by atoms with E-state index in [2.05, 4.69) is 4.98 Å². The lowest BCUT2D eigenvalue weighted by Gasteiger charge is -2.21. The van der Waals surface area contributed by atoms with Gasteiger partial charge in [0.25, 0.3) is 5.56 Å². The van der Waals surface area contributed by atoms with Crippen molar-refractivity contribution in [1.29, 1.82) is 0 Å². The number of carbonyl (C=O) groups is 1. The molecule has 0 saturated heterocycles. The lowest BCUT2D eigenvalue weighted by atomic mass is 10.2. The lowest BCUT2D eigenvalue weighted by molar-refractivity contribution is -0.131. The van der Waals surface area contributed by atoms with E-state index in [-0.39, 0.29) is 37.2 Å². The standard InChI is InChI=1S/C11H15N3O4/c15-4-3-14(8-1-2-8)10(17)6-7-5-9(16)13-11(18)12-7/h5,8,15H,1-4,6H2,(H2,12,13,16,18). The van der Waals surface area contributed by atoms with Crippen LogP contribution >= 0.6 is 0 Å². The second-order valence-electron chi connectivity index (χ2n) is 4.33. The fourth-order valence-corrected chi connectivity index (χ4v) is 1.88. The molecular formula is C11H15N3O4. The van der Waals surface area contributed by atoms with Crippen molar-refractivity contribution in [3.8, 4) is 0 Å². The molecule has 0 aliphatic heterocycles. The molecule has 1 aromatic heterocycles. The predicted molar refractivity (Wildman–Crippen MR) is 63.2 cm³/mol. The number of aromatic amines is 2. The Morgan fingerprint density at radius 2 is 2.11 bits per heavy atom. The summed E-state index contributed by atoms with van der Waals surface area (Å²) in [4.78, 5) is 40.2. The van der Waals surface area contributed by atoms with Crippen molar-refractivity contribution in [2.24, 2.45) is 0 Å². The molecule has 98 valence electrons. The second kappa shape index (κ2) is 5.18. The van der Waals surface area contributed by atoms with Crippen molar-refractivity contribution in [1.82, 2.24) is 14.9 Å². The number of aromatic nitrogens is 2. The Morgan fingerprint density at radius 3 is 2.67 bits per heavy atom. The van der Waals surface area contributed by atoms with Crippen molar-refractivity contribution in [3.63, 3.8) is 0 Å². The fourth-order valence-electron chi connectivity index (χ4n) is 1.88. The molecule has 7 nitrogen and oxygen atoms in total. The highest BCUT2D eigenvalue weighted by Crippen LogP contribution is 2.26. The van der Waals surface area contributed by atoms with Crippen LogP contribution in [-0.2, 0) is 11.2 Å². The van der Waals surface area contributed by atoms with Gasteiger partial charge in [0.2, 0.25) is 5.91 Å². The van der Waals surface area contributed by atoms with E-state index in [0.717, 1.165) is 12.8 Å². The molecule has 1 amide bonds. The number of rotatable bonds is 5. The van der Waals surface area contributed by atoms with Gasteiger partial charge in [0.05, 0.1) is 13.0 Å². The molecule has 0 aromatic carbocycles. The minimum atomic E-state index is -0.620. The summed E-state index contributed by atoms with van der Waals surface area (Å²) in [5, 5.41) is 8.91. The van der Waals surface area contributed by atoms with Crippen LogP contribution in [0.25, 0.3) is 0 Å². The van der Waals surface area contributed by atoms with E-state index >= 15 is 0 Å². The van der Waals surface area contributed by atoms with E-state index in [0.29, 0.717) is 0 Å². The van der Waals surface area contributed by atoms with Gasteiger partial charge >= 0.3 is 5.69 Å². The first kappa shape index (κ1) is 12.6. The number of aliphatic hydroxyl groups is 1. The molecule has 0 atom stereocenters. The largest absolute Gasteiger partial charge is 0.395 e. The predicted octanol–water partition coefficient (Wildman–Crippen LogP) is -1.41. The van der Waals surface area contributed by atoms with Gasteiger partial charge in [0, 0.05) is 24.3 Å². The first-order chi connectivity index (χ1) is 8.60. The second-order valence-corrected chi connectivity index (χ2v) is 4.33. The monoisotopic (exact) mass is 253 g/mol. The van der Waals surface area contributed by atoms with Crippen LogP contribution < -0.4 is 11.2 Å². The van der Waals surface area contributed by atoms with E-state index in [1.165, 1.54) is 6.07 Å². The van der Waals surface area contributed by atoms with E-state index in [9.17, 15) is 14.4 Å². The summed E-state index contributed by atoms with van der Waals surface area (Å²) in [5.41, 5.74) is -0.857. The summed E-state index contributed by atoms with van der Waals surface area (Å²) in [6.45, 7) is 0.199. The van der Waals surface area contributed by atoms with Crippen LogP contribution in [0, 0.1) is 0 Å². The van der Waals surface area contributed by atoms with Crippen molar-refractivity contribution in [2.75, 3.05) is 13.2 Å². The van der Waals surface area contributed by atoms with Crippen LogP contribution in [0.5, 0.6) is 0 Å². The van der Waals surface area contributed by atoms with E-state index < -0.39 is 11.2 Å². The van der Waals surface area contributed by atoms with Crippen LogP contribution in [-0.4, -0.2) is 45.1 Å². The molecule has 0 spiro atoms. The zero-order chi connectivity index (χ0) is 13.1.